The second kappa shape index (κ2) is 10.8. The Morgan fingerprint density at radius 2 is 1.79 bits per heavy atom. The predicted octanol–water partition coefficient (Wildman–Crippen LogP) is 2.09. The molecule has 0 radical (unpaired) electrons. The number of ether oxygens (including phenoxy) is 2. The van der Waals surface area contributed by atoms with E-state index in [4.69, 9.17) is 9.47 Å². The number of esters is 1. The summed E-state index contributed by atoms with van der Waals surface area (Å²) in [5, 5.41) is 5.37. The highest BCUT2D eigenvalue weighted by atomic mass is 16.7. The number of aromatic amines is 1. The molecule has 4 rings (SSSR count). The summed E-state index contributed by atoms with van der Waals surface area (Å²) in [6.45, 7) is 1.80. The van der Waals surface area contributed by atoms with Gasteiger partial charge in [-0.3, -0.25) is 14.4 Å². The lowest BCUT2D eigenvalue weighted by Gasteiger charge is -2.21. The molecule has 2 unspecified atom stereocenters. The predicted molar refractivity (Wildman–Crippen MR) is 122 cm³/mol. The van der Waals surface area contributed by atoms with Gasteiger partial charge in [-0.25, -0.2) is 4.98 Å². The molecule has 9 heteroatoms. The monoisotopic (exact) mass is 462 g/mol. The molecule has 1 aliphatic rings. The summed E-state index contributed by atoms with van der Waals surface area (Å²) in [6, 6.07) is 17.7. The highest BCUT2D eigenvalue weighted by Gasteiger charge is 2.37. The van der Waals surface area contributed by atoms with Crippen LogP contribution in [0.4, 0.5) is 0 Å². The number of cyclic esters (lactones) is 1. The molecule has 3 aromatic rings. The Bertz CT molecular complexity index is 1130. The maximum atomic E-state index is 12.7. The SMILES string of the molecule is C[C@H](NC(=O)c1c[nH]c(Cc2ccccc2)n1)C(=O)NC1CC(=O)OC1OCc1ccccc1. The summed E-state index contributed by atoms with van der Waals surface area (Å²) in [4.78, 5) is 44.3. The molecule has 1 fully saturated rings. The Hall–Kier alpha value is -3.98. The van der Waals surface area contributed by atoms with Gasteiger partial charge in [-0.05, 0) is 18.1 Å². The van der Waals surface area contributed by atoms with E-state index in [2.05, 4.69) is 20.6 Å². The van der Waals surface area contributed by atoms with Crippen LogP contribution in [0, 0.1) is 0 Å². The molecular weight excluding hydrogens is 436 g/mol. The van der Waals surface area contributed by atoms with Crippen molar-refractivity contribution in [1.82, 2.24) is 20.6 Å². The first kappa shape index (κ1) is 23.2. The number of hydrogen-bond acceptors (Lipinski definition) is 6. The number of hydrogen-bond donors (Lipinski definition) is 3. The quantitative estimate of drug-likeness (QED) is 0.419. The number of nitrogens with zero attached hydrogens (tertiary/aromatic N) is 1. The number of aromatic nitrogens is 2. The van der Waals surface area contributed by atoms with Crippen molar-refractivity contribution in [3.63, 3.8) is 0 Å². The van der Waals surface area contributed by atoms with Crippen LogP contribution in [0.2, 0.25) is 0 Å². The van der Waals surface area contributed by atoms with Crippen molar-refractivity contribution in [1.29, 1.82) is 0 Å². The molecule has 2 aromatic carbocycles. The number of rotatable bonds is 9. The first-order valence-electron chi connectivity index (χ1n) is 11.0. The van der Waals surface area contributed by atoms with Gasteiger partial charge in [0.2, 0.25) is 12.2 Å². The maximum Gasteiger partial charge on any atom is 0.310 e. The third-order valence-corrected chi connectivity index (χ3v) is 5.37. The molecule has 0 bridgehead atoms. The standard InChI is InChI=1S/C25H26N4O5/c1-16(27-24(32)20-14-26-21(28-20)12-17-8-4-2-5-9-17)23(31)29-19-13-22(30)34-25(19)33-15-18-10-6-3-7-11-18/h2-11,14,16,19,25H,12-13,15H2,1H3,(H,26,28)(H,27,32)(H,29,31)/t16-,19?,25?/m0/s1. The van der Waals surface area contributed by atoms with E-state index in [1.807, 2.05) is 60.7 Å². The summed E-state index contributed by atoms with van der Waals surface area (Å²) in [5.41, 5.74) is 2.17. The molecule has 2 heterocycles. The van der Waals surface area contributed by atoms with Crippen molar-refractivity contribution in [2.45, 2.75) is 44.7 Å². The van der Waals surface area contributed by atoms with Gasteiger partial charge in [0.1, 0.15) is 23.6 Å². The first-order valence-corrected chi connectivity index (χ1v) is 11.0. The van der Waals surface area contributed by atoms with Crippen molar-refractivity contribution in [3.05, 3.63) is 89.5 Å². The number of nitrogens with one attached hydrogen (secondary N) is 3. The fourth-order valence-corrected chi connectivity index (χ4v) is 3.56. The first-order chi connectivity index (χ1) is 16.5. The molecule has 3 N–H and O–H groups in total. The minimum Gasteiger partial charge on any atom is -0.433 e. The summed E-state index contributed by atoms with van der Waals surface area (Å²) >= 11 is 0. The van der Waals surface area contributed by atoms with E-state index >= 15 is 0 Å². The van der Waals surface area contributed by atoms with Gasteiger partial charge >= 0.3 is 5.97 Å². The van der Waals surface area contributed by atoms with Crippen molar-refractivity contribution in [3.8, 4) is 0 Å². The van der Waals surface area contributed by atoms with E-state index in [-0.39, 0.29) is 18.7 Å². The third-order valence-electron chi connectivity index (χ3n) is 5.37. The van der Waals surface area contributed by atoms with Crippen LogP contribution in [0.5, 0.6) is 0 Å². The van der Waals surface area contributed by atoms with Gasteiger partial charge in [-0.15, -0.1) is 0 Å². The summed E-state index contributed by atoms with van der Waals surface area (Å²) in [5.74, 6) is -0.741. The minimum atomic E-state index is -0.897. The van der Waals surface area contributed by atoms with Crippen LogP contribution in [-0.4, -0.2) is 46.1 Å². The smallest absolute Gasteiger partial charge is 0.310 e. The lowest BCUT2D eigenvalue weighted by Crippen LogP contribution is -2.50. The van der Waals surface area contributed by atoms with Crippen LogP contribution >= 0.6 is 0 Å². The summed E-state index contributed by atoms with van der Waals surface area (Å²) < 4.78 is 10.9. The van der Waals surface area contributed by atoms with Gasteiger partial charge < -0.3 is 25.1 Å². The average Bonchev–Trinajstić information content (AvgIpc) is 3.45. The largest absolute Gasteiger partial charge is 0.433 e. The number of imidazole rings is 1. The molecule has 2 amide bonds. The van der Waals surface area contributed by atoms with Gasteiger partial charge in [0.05, 0.1) is 13.0 Å². The lowest BCUT2D eigenvalue weighted by molar-refractivity contribution is -0.168. The normalized spacial score (nSPS) is 18.2. The molecule has 9 nitrogen and oxygen atoms in total. The van der Waals surface area contributed by atoms with E-state index < -0.39 is 36.2 Å². The molecular formula is C25H26N4O5. The zero-order valence-electron chi connectivity index (χ0n) is 18.7. The molecule has 0 aliphatic carbocycles. The van der Waals surface area contributed by atoms with E-state index in [9.17, 15) is 14.4 Å². The van der Waals surface area contributed by atoms with Gasteiger partial charge in [-0.2, -0.15) is 0 Å². The third kappa shape index (κ3) is 6.08. The van der Waals surface area contributed by atoms with Crippen LogP contribution < -0.4 is 10.6 Å². The topological polar surface area (TPSA) is 122 Å². The number of benzene rings is 2. The second-order valence-electron chi connectivity index (χ2n) is 8.06. The molecule has 176 valence electrons. The van der Waals surface area contributed by atoms with Crippen LogP contribution in [0.15, 0.2) is 66.9 Å². The zero-order valence-corrected chi connectivity index (χ0v) is 18.7. The van der Waals surface area contributed by atoms with E-state index in [0.717, 1.165) is 11.1 Å². The maximum absolute atomic E-state index is 12.7. The number of carbonyl (C=O) groups excluding carboxylic acids is 3. The lowest BCUT2D eigenvalue weighted by atomic mass is 10.1. The van der Waals surface area contributed by atoms with Gasteiger partial charge in [0.15, 0.2) is 0 Å². The van der Waals surface area contributed by atoms with Crippen molar-refractivity contribution in [2.24, 2.45) is 0 Å². The molecule has 3 atom stereocenters. The highest BCUT2D eigenvalue weighted by molar-refractivity contribution is 5.96. The number of amides is 2. The summed E-state index contributed by atoms with van der Waals surface area (Å²) in [7, 11) is 0. The van der Waals surface area contributed by atoms with Crippen LogP contribution in [0.1, 0.15) is 40.8 Å². The molecule has 0 spiro atoms. The van der Waals surface area contributed by atoms with Crippen LogP contribution in [0.3, 0.4) is 0 Å². The molecule has 34 heavy (non-hydrogen) atoms. The fourth-order valence-electron chi connectivity index (χ4n) is 3.56. The Labute approximate surface area is 196 Å². The van der Waals surface area contributed by atoms with E-state index in [0.29, 0.717) is 12.2 Å². The van der Waals surface area contributed by atoms with Gasteiger partial charge in [0.25, 0.3) is 5.91 Å². The van der Waals surface area contributed by atoms with Gasteiger partial charge in [0, 0.05) is 12.6 Å². The Balaban J connectivity index is 1.28. The van der Waals surface area contributed by atoms with Crippen molar-refractivity contribution >= 4 is 17.8 Å². The van der Waals surface area contributed by atoms with Crippen molar-refractivity contribution in [2.75, 3.05) is 0 Å². The van der Waals surface area contributed by atoms with Gasteiger partial charge in [-0.1, -0.05) is 60.7 Å². The Morgan fingerprint density at radius 1 is 1.12 bits per heavy atom. The number of carbonyl (C=O) groups is 3. The van der Waals surface area contributed by atoms with E-state index in [1.165, 1.54) is 6.20 Å². The second-order valence-corrected chi connectivity index (χ2v) is 8.06. The summed E-state index contributed by atoms with van der Waals surface area (Å²) in [6.07, 6.45) is 1.17. The Morgan fingerprint density at radius 3 is 2.50 bits per heavy atom. The minimum absolute atomic E-state index is 0.00588. The molecule has 1 aromatic heterocycles. The molecule has 1 aliphatic heterocycles. The molecule has 1 saturated heterocycles. The fraction of sp³-hybridized carbons (Fsp3) is 0.280. The average molecular weight is 463 g/mol. The number of H-pyrrole nitrogens is 1. The van der Waals surface area contributed by atoms with Crippen molar-refractivity contribution < 1.29 is 23.9 Å². The molecule has 0 saturated carbocycles. The zero-order chi connectivity index (χ0) is 23.9. The van der Waals surface area contributed by atoms with Crippen LogP contribution in [0.25, 0.3) is 0 Å². The Kier molecular flexibility index (Phi) is 7.34. The highest BCUT2D eigenvalue weighted by Crippen LogP contribution is 2.18. The van der Waals surface area contributed by atoms with Crippen LogP contribution in [-0.2, 0) is 32.1 Å². The van der Waals surface area contributed by atoms with E-state index in [1.54, 1.807) is 6.92 Å².